The summed E-state index contributed by atoms with van der Waals surface area (Å²) < 4.78 is 0. The quantitative estimate of drug-likeness (QED) is 0.393. The Kier molecular flexibility index (Phi) is 6.64. The van der Waals surface area contributed by atoms with Gasteiger partial charge in [0.15, 0.2) is 0 Å². The Bertz CT molecular complexity index is 365. The van der Waals surface area contributed by atoms with Crippen LogP contribution in [0.5, 0.6) is 0 Å². The van der Waals surface area contributed by atoms with Gasteiger partial charge in [0.1, 0.15) is 6.29 Å². The number of hydrogen-bond donors (Lipinski definition) is 0. The molecule has 1 nitrogen and oxygen atoms in total. The van der Waals surface area contributed by atoms with Gasteiger partial charge in [-0.25, -0.2) is 0 Å². The number of allylic oxidation sites excluding steroid dienone is 2. The standard InChI is InChI=1S/C15H19ClO/c1-13(5-2-3-12-17)6-4-7-14-8-10-15(16)11-9-14/h6,8-12H,2-5,7H2,1H3/b13-6+. The van der Waals surface area contributed by atoms with Crippen molar-refractivity contribution in [1.29, 1.82) is 0 Å². The molecule has 0 heterocycles. The van der Waals surface area contributed by atoms with Crippen molar-refractivity contribution < 1.29 is 4.79 Å². The number of benzene rings is 1. The summed E-state index contributed by atoms with van der Waals surface area (Å²) in [7, 11) is 0. The molecule has 92 valence electrons. The first kappa shape index (κ1) is 14.0. The molecule has 0 bridgehead atoms. The van der Waals surface area contributed by atoms with E-state index in [0.29, 0.717) is 6.42 Å². The molecule has 0 aliphatic carbocycles. The van der Waals surface area contributed by atoms with Gasteiger partial charge in [0, 0.05) is 11.4 Å². The van der Waals surface area contributed by atoms with E-state index in [1.165, 1.54) is 11.1 Å². The Morgan fingerprint density at radius 3 is 2.59 bits per heavy atom. The summed E-state index contributed by atoms with van der Waals surface area (Å²) in [5.74, 6) is 0. The monoisotopic (exact) mass is 250 g/mol. The Morgan fingerprint density at radius 1 is 1.24 bits per heavy atom. The van der Waals surface area contributed by atoms with Crippen LogP contribution in [-0.4, -0.2) is 6.29 Å². The molecule has 0 fully saturated rings. The van der Waals surface area contributed by atoms with E-state index in [1.54, 1.807) is 0 Å². The molecular formula is C15H19ClO. The van der Waals surface area contributed by atoms with Gasteiger partial charge in [0.05, 0.1) is 0 Å². The summed E-state index contributed by atoms with van der Waals surface area (Å²) in [5.41, 5.74) is 2.69. The largest absolute Gasteiger partial charge is 0.303 e. The summed E-state index contributed by atoms with van der Waals surface area (Å²) in [6, 6.07) is 7.99. The van der Waals surface area contributed by atoms with Crippen LogP contribution in [0.25, 0.3) is 0 Å². The molecule has 0 amide bonds. The molecule has 0 saturated heterocycles. The lowest BCUT2D eigenvalue weighted by Gasteiger charge is -2.01. The molecule has 1 rings (SSSR count). The van der Waals surface area contributed by atoms with Gasteiger partial charge in [0.2, 0.25) is 0 Å². The van der Waals surface area contributed by atoms with Crippen molar-refractivity contribution in [3.8, 4) is 0 Å². The van der Waals surface area contributed by atoms with Gasteiger partial charge in [-0.05, 0) is 50.3 Å². The molecule has 0 aromatic heterocycles. The van der Waals surface area contributed by atoms with Crippen molar-refractivity contribution in [2.45, 2.75) is 39.0 Å². The zero-order valence-electron chi connectivity index (χ0n) is 10.3. The normalized spacial score (nSPS) is 11.5. The minimum absolute atomic E-state index is 0.669. The first-order valence-corrected chi connectivity index (χ1v) is 6.44. The summed E-state index contributed by atoms with van der Waals surface area (Å²) in [6.07, 6.45) is 8.01. The average molecular weight is 251 g/mol. The second kappa shape index (κ2) is 8.08. The molecule has 0 aliphatic heterocycles. The minimum atomic E-state index is 0.669. The van der Waals surface area contributed by atoms with Crippen molar-refractivity contribution in [3.05, 3.63) is 46.5 Å². The van der Waals surface area contributed by atoms with Gasteiger partial charge in [0.25, 0.3) is 0 Å². The van der Waals surface area contributed by atoms with Crippen LogP contribution >= 0.6 is 11.6 Å². The number of aldehydes is 1. The van der Waals surface area contributed by atoms with E-state index >= 15 is 0 Å². The number of carbonyl (C=O) groups is 1. The van der Waals surface area contributed by atoms with Crippen LogP contribution in [0, 0.1) is 0 Å². The van der Waals surface area contributed by atoms with Crippen LogP contribution in [0.15, 0.2) is 35.9 Å². The van der Waals surface area contributed by atoms with Gasteiger partial charge in [-0.2, -0.15) is 0 Å². The number of carbonyl (C=O) groups excluding carboxylic acids is 1. The molecule has 0 N–H and O–H groups in total. The number of halogens is 1. The lowest BCUT2D eigenvalue weighted by Crippen LogP contribution is -1.85. The highest BCUT2D eigenvalue weighted by atomic mass is 35.5. The third-order valence-electron chi connectivity index (χ3n) is 2.73. The Balaban J connectivity index is 2.28. The molecule has 0 saturated carbocycles. The zero-order valence-corrected chi connectivity index (χ0v) is 11.0. The highest BCUT2D eigenvalue weighted by Gasteiger charge is 1.94. The highest BCUT2D eigenvalue weighted by molar-refractivity contribution is 6.30. The van der Waals surface area contributed by atoms with Gasteiger partial charge in [-0.15, -0.1) is 0 Å². The number of hydrogen-bond acceptors (Lipinski definition) is 1. The predicted molar refractivity (Wildman–Crippen MR) is 73.4 cm³/mol. The van der Waals surface area contributed by atoms with Crippen LogP contribution in [0.4, 0.5) is 0 Å². The fraction of sp³-hybridized carbons (Fsp3) is 0.400. The predicted octanol–water partition coefficient (Wildman–Crippen LogP) is 4.59. The van der Waals surface area contributed by atoms with Crippen molar-refractivity contribution in [3.63, 3.8) is 0 Å². The van der Waals surface area contributed by atoms with Crippen LogP contribution in [-0.2, 0) is 11.2 Å². The first-order chi connectivity index (χ1) is 8.22. The van der Waals surface area contributed by atoms with Crippen molar-refractivity contribution >= 4 is 17.9 Å². The second-order valence-corrected chi connectivity index (χ2v) is 4.71. The van der Waals surface area contributed by atoms with Crippen molar-refractivity contribution in [1.82, 2.24) is 0 Å². The maximum atomic E-state index is 10.2. The van der Waals surface area contributed by atoms with Crippen LogP contribution in [0.1, 0.15) is 38.2 Å². The fourth-order valence-corrected chi connectivity index (χ4v) is 1.83. The third-order valence-corrected chi connectivity index (χ3v) is 2.98. The summed E-state index contributed by atoms with van der Waals surface area (Å²) in [6.45, 7) is 2.13. The SMILES string of the molecule is C/C(=C\CCc1ccc(Cl)cc1)CCCC=O. The number of aryl methyl sites for hydroxylation is 1. The highest BCUT2D eigenvalue weighted by Crippen LogP contribution is 2.12. The van der Waals surface area contributed by atoms with E-state index in [0.717, 1.165) is 37.0 Å². The molecular weight excluding hydrogens is 232 g/mol. The van der Waals surface area contributed by atoms with E-state index in [-0.39, 0.29) is 0 Å². The van der Waals surface area contributed by atoms with Crippen molar-refractivity contribution in [2.75, 3.05) is 0 Å². The first-order valence-electron chi connectivity index (χ1n) is 6.06. The van der Waals surface area contributed by atoms with Gasteiger partial charge >= 0.3 is 0 Å². The third kappa shape index (κ3) is 6.28. The van der Waals surface area contributed by atoms with Crippen LogP contribution < -0.4 is 0 Å². The van der Waals surface area contributed by atoms with E-state index in [9.17, 15) is 4.79 Å². The maximum absolute atomic E-state index is 10.2. The molecule has 0 atom stereocenters. The topological polar surface area (TPSA) is 17.1 Å². The molecule has 17 heavy (non-hydrogen) atoms. The van der Waals surface area contributed by atoms with Gasteiger partial charge in [-0.3, -0.25) is 0 Å². The Labute approximate surface area is 108 Å². The molecule has 1 aromatic carbocycles. The van der Waals surface area contributed by atoms with Gasteiger partial charge < -0.3 is 4.79 Å². The van der Waals surface area contributed by atoms with Gasteiger partial charge in [-0.1, -0.05) is 35.4 Å². The number of unbranched alkanes of at least 4 members (excludes halogenated alkanes) is 1. The van der Waals surface area contributed by atoms with Crippen molar-refractivity contribution in [2.24, 2.45) is 0 Å². The second-order valence-electron chi connectivity index (χ2n) is 4.27. The maximum Gasteiger partial charge on any atom is 0.120 e. The summed E-state index contributed by atoms with van der Waals surface area (Å²) >= 11 is 5.83. The lowest BCUT2D eigenvalue weighted by molar-refractivity contribution is -0.107. The molecule has 2 heteroatoms. The van der Waals surface area contributed by atoms with Crippen LogP contribution in [0.2, 0.25) is 5.02 Å². The molecule has 0 spiro atoms. The summed E-state index contributed by atoms with van der Waals surface area (Å²) in [4.78, 5) is 10.2. The smallest absolute Gasteiger partial charge is 0.120 e. The zero-order chi connectivity index (χ0) is 12.5. The van der Waals surface area contributed by atoms with E-state index in [4.69, 9.17) is 11.6 Å². The molecule has 0 unspecified atom stereocenters. The van der Waals surface area contributed by atoms with E-state index in [1.807, 2.05) is 12.1 Å². The number of rotatable bonds is 7. The van der Waals surface area contributed by atoms with Crippen LogP contribution in [0.3, 0.4) is 0 Å². The minimum Gasteiger partial charge on any atom is -0.303 e. The molecule has 1 aromatic rings. The fourth-order valence-electron chi connectivity index (χ4n) is 1.70. The molecule has 0 aliphatic rings. The average Bonchev–Trinajstić information content (AvgIpc) is 2.32. The Morgan fingerprint density at radius 2 is 1.94 bits per heavy atom. The lowest BCUT2D eigenvalue weighted by atomic mass is 10.1. The molecule has 0 radical (unpaired) electrons. The summed E-state index contributed by atoms with van der Waals surface area (Å²) in [5, 5.41) is 0.786. The Hall–Kier alpha value is -1.08. The van der Waals surface area contributed by atoms with E-state index in [2.05, 4.69) is 25.1 Å². The van der Waals surface area contributed by atoms with E-state index < -0.39 is 0 Å².